The molecule has 0 spiro atoms. The Morgan fingerprint density at radius 1 is 1.09 bits per heavy atom. The van der Waals surface area contributed by atoms with Gasteiger partial charge in [0, 0.05) is 24.2 Å². The Kier molecular flexibility index (Phi) is 4.74. The summed E-state index contributed by atoms with van der Waals surface area (Å²) < 4.78 is 14.3. The summed E-state index contributed by atoms with van der Waals surface area (Å²) in [6, 6.07) is 12.3. The third-order valence-electron chi connectivity index (χ3n) is 8.04. The maximum absolute atomic E-state index is 13.7. The first kappa shape index (κ1) is 21.8. The van der Waals surface area contributed by atoms with Crippen LogP contribution in [0.25, 0.3) is 5.65 Å². The lowest BCUT2D eigenvalue weighted by atomic mass is 9.85. The molecular weight excluding hydrogens is 427 g/mol. The van der Waals surface area contributed by atoms with E-state index in [0.29, 0.717) is 29.4 Å². The van der Waals surface area contributed by atoms with E-state index in [1.54, 1.807) is 0 Å². The summed E-state index contributed by atoms with van der Waals surface area (Å²) in [6.07, 6.45) is 3.07. The van der Waals surface area contributed by atoms with Crippen LogP contribution in [0, 0.1) is 0 Å². The number of rotatable bonds is 3. The van der Waals surface area contributed by atoms with Gasteiger partial charge >= 0.3 is 7.12 Å². The molecule has 1 aliphatic carbocycles. The largest absolute Gasteiger partial charge is 0.516 e. The van der Waals surface area contributed by atoms with Gasteiger partial charge in [-0.25, -0.2) is 9.50 Å². The standard InChI is InChI=1S/C26H31BN4O3/c1-16-19-9-7-6-8-17(19)12-13-30(16)24(32)20-14-21(18-10-11-18)31-23(28-20)15-22(29-31)27-33-25(2,3)26(4,5)34-27/h6-9,14-16,18H,10-13H2,1-5H3/t16-/m1/s1. The first-order valence-corrected chi connectivity index (χ1v) is 12.3. The molecule has 1 aromatic carbocycles. The van der Waals surface area contributed by atoms with Crippen LogP contribution in [0.5, 0.6) is 0 Å². The third-order valence-corrected chi connectivity index (χ3v) is 8.04. The SMILES string of the molecule is C[C@@H]1c2ccccc2CCN1C(=O)c1cc(C2CC2)n2nc(B3OC(C)(C)C(C)(C)O3)cc2n1. The van der Waals surface area contributed by atoms with Gasteiger partial charge in [0.1, 0.15) is 5.69 Å². The number of hydrogen-bond acceptors (Lipinski definition) is 5. The van der Waals surface area contributed by atoms with E-state index in [2.05, 4.69) is 25.1 Å². The van der Waals surface area contributed by atoms with Crippen molar-refractivity contribution in [3.63, 3.8) is 0 Å². The Labute approximate surface area is 200 Å². The van der Waals surface area contributed by atoms with Crippen LogP contribution >= 0.6 is 0 Å². The smallest absolute Gasteiger partial charge is 0.398 e. The van der Waals surface area contributed by atoms with Crippen LogP contribution in [0.4, 0.5) is 0 Å². The summed E-state index contributed by atoms with van der Waals surface area (Å²) in [4.78, 5) is 20.4. The minimum absolute atomic E-state index is 0.0186. The molecule has 3 aromatic rings. The van der Waals surface area contributed by atoms with Gasteiger partial charge in [-0.3, -0.25) is 4.79 Å². The summed E-state index contributed by atoms with van der Waals surface area (Å²) in [6.45, 7) is 10.9. The molecule has 1 atom stereocenters. The van der Waals surface area contributed by atoms with E-state index in [1.807, 2.05) is 55.3 Å². The van der Waals surface area contributed by atoms with Crippen LogP contribution in [0.2, 0.25) is 0 Å². The van der Waals surface area contributed by atoms with E-state index in [1.165, 1.54) is 11.1 Å². The first-order valence-electron chi connectivity index (χ1n) is 12.3. The molecule has 2 aromatic heterocycles. The van der Waals surface area contributed by atoms with Crippen molar-refractivity contribution < 1.29 is 14.1 Å². The predicted octanol–water partition coefficient (Wildman–Crippen LogP) is 3.67. The van der Waals surface area contributed by atoms with Crippen LogP contribution in [0.3, 0.4) is 0 Å². The molecule has 4 heterocycles. The van der Waals surface area contributed by atoms with Gasteiger partial charge in [-0.1, -0.05) is 24.3 Å². The minimum atomic E-state index is -0.559. The number of carbonyl (C=O) groups excluding carboxylic acids is 1. The van der Waals surface area contributed by atoms with Gasteiger partial charge in [0.2, 0.25) is 0 Å². The molecule has 1 saturated carbocycles. The summed E-state index contributed by atoms with van der Waals surface area (Å²) in [5.41, 5.74) is 4.55. The van der Waals surface area contributed by atoms with E-state index in [9.17, 15) is 4.79 Å². The van der Waals surface area contributed by atoms with Gasteiger partial charge in [-0.2, -0.15) is 5.10 Å². The summed E-state index contributed by atoms with van der Waals surface area (Å²) in [7, 11) is -0.559. The second-order valence-electron chi connectivity index (χ2n) is 10.9. The van der Waals surface area contributed by atoms with Gasteiger partial charge in [-0.15, -0.1) is 0 Å². The zero-order valence-corrected chi connectivity index (χ0v) is 20.5. The molecular formula is C26H31BN4O3. The Bertz CT molecular complexity index is 1280. The topological polar surface area (TPSA) is 69.0 Å². The molecule has 176 valence electrons. The van der Waals surface area contributed by atoms with Crippen LogP contribution < -0.4 is 5.59 Å². The van der Waals surface area contributed by atoms with Gasteiger partial charge in [-0.05, 0) is 71.1 Å². The van der Waals surface area contributed by atoms with E-state index < -0.39 is 18.3 Å². The highest BCUT2D eigenvalue weighted by atomic mass is 16.7. The Morgan fingerprint density at radius 3 is 2.50 bits per heavy atom. The quantitative estimate of drug-likeness (QED) is 0.561. The highest BCUT2D eigenvalue weighted by Crippen LogP contribution is 2.41. The lowest BCUT2D eigenvalue weighted by Gasteiger charge is -2.35. The summed E-state index contributed by atoms with van der Waals surface area (Å²) in [5.74, 6) is 0.382. The van der Waals surface area contributed by atoms with Gasteiger partial charge in [0.05, 0.1) is 22.8 Å². The molecule has 0 bridgehead atoms. The Balaban J connectivity index is 1.36. The maximum Gasteiger partial charge on any atom is 0.516 e. The molecule has 34 heavy (non-hydrogen) atoms. The number of aromatic nitrogens is 3. The number of benzene rings is 1. The Morgan fingerprint density at radius 2 is 1.79 bits per heavy atom. The zero-order chi connectivity index (χ0) is 23.8. The fourth-order valence-electron chi connectivity index (χ4n) is 5.07. The average molecular weight is 458 g/mol. The predicted molar refractivity (Wildman–Crippen MR) is 130 cm³/mol. The molecule has 6 rings (SSSR count). The summed E-state index contributed by atoms with van der Waals surface area (Å²) >= 11 is 0. The third kappa shape index (κ3) is 3.38. The lowest BCUT2D eigenvalue weighted by molar-refractivity contribution is 0.00578. The van der Waals surface area contributed by atoms with E-state index in [0.717, 1.165) is 25.0 Å². The van der Waals surface area contributed by atoms with Crippen molar-refractivity contribution >= 4 is 24.3 Å². The molecule has 1 amide bonds. The first-order chi connectivity index (χ1) is 16.1. The number of nitrogens with zero attached hydrogens (tertiary/aromatic N) is 4. The van der Waals surface area contributed by atoms with E-state index in [-0.39, 0.29) is 11.9 Å². The second-order valence-corrected chi connectivity index (χ2v) is 10.9. The van der Waals surface area contributed by atoms with Gasteiger partial charge < -0.3 is 14.2 Å². The van der Waals surface area contributed by atoms with Crippen molar-refractivity contribution in [2.24, 2.45) is 0 Å². The van der Waals surface area contributed by atoms with E-state index >= 15 is 0 Å². The minimum Gasteiger partial charge on any atom is -0.398 e. The van der Waals surface area contributed by atoms with Gasteiger partial charge in [0.25, 0.3) is 5.91 Å². The van der Waals surface area contributed by atoms with E-state index in [4.69, 9.17) is 19.4 Å². The lowest BCUT2D eigenvalue weighted by Crippen LogP contribution is -2.41. The highest BCUT2D eigenvalue weighted by Gasteiger charge is 2.53. The second kappa shape index (κ2) is 7.39. The van der Waals surface area contributed by atoms with Crippen molar-refractivity contribution in [3.8, 4) is 0 Å². The van der Waals surface area contributed by atoms with Crippen LogP contribution in [-0.4, -0.2) is 50.3 Å². The molecule has 0 radical (unpaired) electrons. The van der Waals surface area contributed by atoms with Crippen molar-refractivity contribution in [3.05, 3.63) is 58.9 Å². The zero-order valence-electron chi connectivity index (χ0n) is 20.5. The fourth-order valence-corrected chi connectivity index (χ4v) is 5.07. The number of amides is 1. The number of hydrogen-bond donors (Lipinski definition) is 0. The fraction of sp³-hybridized carbons (Fsp3) is 0.500. The van der Waals surface area contributed by atoms with Crippen LogP contribution in [0.1, 0.15) is 86.7 Å². The summed E-state index contributed by atoms with van der Waals surface area (Å²) in [5, 5.41) is 4.82. The molecule has 3 aliphatic rings. The molecule has 1 saturated heterocycles. The van der Waals surface area contributed by atoms with Crippen molar-refractivity contribution in [1.82, 2.24) is 19.5 Å². The molecule has 2 aliphatic heterocycles. The van der Waals surface area contributed by atoms with Crippen molar-refractivity contribution in [2.75, 3.05) is 6.54 Å². The molecule has 0 N–H and O–H groups in total. The molecule has 2 fully saturated rings. The van der Waals surface area contributed by atoms with Crippen LogP contribution in [-0.2, 0) is 15.7 Å². The van der Waals surface area contributed by atoms with Crippen molar-refractivity contribution in [2.45, 2.75) is 77.0 Å². The number of fused-ring (bicyclic) bond motifs is 2. The molecule has 7 nitrogen and oxygen atoms in total. The normalized spacial score (nSPS) is 23.4. The van der Waals surface area contributed by atoms with Gasteiger partial charge in [0.15, 0.2) is 5.65 Å². The molecule has 8 heteroatoms. The Hall–Kier alpha value is -2.71. The highest BCUT2D eigenvalue weighted by molar-refractivity contribution is 6.61. The molecule has 0 unspecified atom stereocenters. The van der Waals surface area contributed by atoms with Crippen molar-refractivity contribution in [1.29, 1.82) is 0 Å². The average Bonchev–Trinajstić information content (AvgIpc) is 3.50. The number of carbonyl (C=O) groups is 1. The monoisotopic (exact) mass is 458 g/mol. The maximum atomic E-state index is 13.7. The van der Waals surface area contributed by atoms with Crippen LogP contribution in [0.15, 0.2) is 36.4 Å².